The predicted octanol–water partition coefficient (Wildman–Crippen LogP) is 2.97. The largest absolute Gasteiger partial charge is 0.286 e. The van der Waals surface area contributed by atoms with Crippen LogP contribution in [0.3, 0.4) is 0 Å². The van der Waals surface area contributed by atoms with E-state index in [0.29, 0.717) is 15.4 Å². The molecule has 0 N–H and O–H groups in total. The van der Waals surface area contributed by atoms with Crippen LogP contribution in [0, 0.1) is 10.1 Å². The van der Waals surface area contributed by atoms with Crippen molar-refractivity contribution in [3.63, 3.8) is 0 Å². The lowest BCUT2D eigenvalue weighted by Crippen LogP contribution is -2.03. The number of nitro benzene ring substituents is 1. The Labute approximate surface area is 98.9 Å². The fourth-order valence-corrected chi connectivity index (χ4v) is 2.24. The highest BCUT2D eigenvalue weighted by atomic mass is 79.9. The van der Waals surface area contributed by atoms with Gasteiger partial charge < -0.3 is 0 Å². The van der Waals surface area contributed by atoms with Crippen LogP contribution in [0.5, 0.6) is 0 Å². The average molecular weight is 283 g/mol. The van der Waals surface area contributed by atoms with Crippen molar-refractivity contribution in [2.24, 2.45) is 0 Å². The van der Waals surface area contributed by atoms with Gasteiger partial charge in [-0.2, -0.15) is 0 Å². The molecule has 0 amide bonds. The van der Waals surface area contributed by atoms with E-state index in [9.17, 15) is 14.9 Å². The van der Waals surface area contributed by atoms with Crippen molar-refractivity contribution in [1.29, 1.82) is 0 Å². The third-order valence-corrected chi connectivity index (χ3v) is 2.88. The van der Waals surface area contributed by atoms with E-state index in [1.54, 1.807) is 12.3 Å². The quantitative estimate of drug-likeness (QED) is 0.597. The van der Waals surface area contributed by atoms with Crippen molar-refractivity contribution in [3.8, 4) is 0 Å². The van der Waals surface area contributed by atoms with E-state index in [1.807, 2.05) is 0 Å². The lowest BCUT2D eigenvalue weighted by molar-refractivity contribution is -0.384. The van der Waals surface area contributed by atoms with E-state index in [0.717, 1.165) is 0 Å². The van der Waals surface area contributed by atoms with E-state index >= 15 is 0 Å². The fraction of sp³-hybridized carbons (Fsp3) is 0.100. The number of hydrogen-bond acceptors (Lipinski definition) is 3. The molecule has 0 saturated heterocycles. The standard InChI is InChI=1S/C10H7BrN2O3/c1-6(14)12-3-2-7-4-8(13(15)16)5-9(11)10(7)12/h2-5H,1H3. The first-order chi connectivity index (χ1) is 7.50. The van der Waals surface area contributed by atoms with Crippen LogP contribution in [0.1, 0.15) is 11.7 Å². The van der Waals surface area contributed by atoms with Crippen molar-refractivity contribution in [2.45, 2.75) is 6.92 Å². The molecule has 0 fully saturated rings. The van der Waals surface area contributed by atoms with E-state index in [-0.39, 0.29) is 11.6 Å². The predicted molar refractivity (Wildman–Crippen MR) is 62.6 cm³/mol. The molecule has 0 radical (unpaired) electrons. The molecule has 6 heteroatoms. The third-order valence-electron chi connectivity index (χ3n) is 2.27. The topological polar surface area (TPSA) is 65.1 Å². The molecule has 0 unspecified atom stereocenters. The summed E-state index contributed by atoms with van der Waals surface area (Å²) in [6.45, 7) is 1.44. The number of halogens is 1. The Morgan fingerprint density at radius 1 is 1.50 bits per heavy atom. The van der Waals surface area contributed by atoms with Gasteiger partial charge in [-0.1, -0.05) is 0 Å². The molecule has 1 heterocycles. The highest BCUT2D eigenvalue weighted by molar-refractivity contribution is 9.10. The van der Waals surface area contributed by atoms with Crippen LogP contribution in [-0.4, -0.2) is 15.4 Å². The molecule has 0 bridgehead atoms. The van der Waals surface area contributed by atoms with Crippen LogP contribution in [0.2, 0.25) is 0 Å². The van der Waals surface area contributed by atoms with Crippen LogP contribution >= 0.6 is 15.9 Å². The Hall–Kier alpha value is -1.69. The second-order valence-corrected chi connectivity index (χ2v) is 4.18. The second kappa shape index (κ2) is 3.71. The molecule has 0 aliphatic carbocycles. The van der Waals surface area contributed by atoms with E-state index in [4.69, 9.17) is 0 Å². The summed E-state index contributed by atoms with van der Waals surface area (Å²) in [6.07, 6.45) is 1.60. The smallest absolute Gasteiger partial charge is 0.271 e. The van der Waals surface area contributed by atoms with Gasteiger partial charge >= 0.3 is 0 Å². The molecule has 16 heavy (non-hydrogen) atoms. The van der Waals surface area contributed by atoms with Crippen molar-refractivity contribution in [2.75, 3.05) is 0 Å². The molecule has 1 aromatic carbocycles. The number of benzene rings is 1. The molecule has 0 aliphatic rings. The van der Waals surface area contributed by atoms with Crippen LogP contribution in [0.4, 0.5) is 5.69 Å². The average Bonchev–Trinajstić information content (AvgIpc) is 2.61. The summed E-state index contributed by atoms with van der Waals surface area (Å²) in [5, 5.41) is 11.3. The van der Waals surface area contributed by atoms with Crippen LogP contribution < -0.4 is 0 Å². The van der Waals surface area contributed by atoms with E-state index < -0.39 is 4.92 Å². The first-order valence-electron chi connectivity index (χ1n) is 4.46. The number of fused-ring (bicyclic) bond motifs is 1. The summed E-state index contributed by atoms with van der Waals surface area (Å²) in [7, 11) is 0. The molecule has 2 aromatic rings. The number of non-ortho nitro benzene ring substituents is 1. The first-order valence-corrected chi connectivity index (χ1v) is 5.26. The Morgan fingerprint density at radius 2 is 2.19 bits per heavy atom. The maximum Gasteiger partial charge on any atom is 0.271 e. The van der Waals surface area contributed by atoms with Gasteiger partial charge in [-0.15, -0.1) is 0 Å². The number of rotatable bonds is 1. The monoisotopic (exact) mass is 282 g/mol. The molecule has 0 spiro atoms. The van der Waals surface area contributed by atoms with E-state index in [2.05, 4.69) is 15.9 Å². The minimum absolute atomic E-state index is 0.000627. The number of nitro groups is 1. The Balaban J connectivity index is 2.78. The van der Waals surface area contributed by atoms with Gasteiger partial charge in [0.05, 0.1) is 10.4 Å². The zero-order valence-electron chi connectivity index (χ0n) is 8.31. The lowest BCUT2D eigenvalue weighted by atomic mass is 10.2. The molecule has 2 rings (SSSR count). The van der Waals surface area contributed by atoms with Crippen LogP contribution in [-0.2, 0) is 0 Å². The summed E-state index contributed by atoms with van der Waals surface area (Å²) >= 11 is 3.24. The van der Waals surface area contributed by atoms with Gasteiger partial charge in [0, 0.05) is 35.1 Å². The number of aromatic nitrogens is 1. The summed E-state index contributed by atoms with van der Waals surface area (Å²) in [5.74, 6) is -0.135. The van der Waals surface area contributed by atoms with Gasteiger partial charge in [-0.05, 0) is 22.0 Å². The maximum atomic E-state index is 11.3. The van der Waals surface area contributed by atoms with Crippen molar-refractivity contribution in [1.82, 2.24) is 4.57 Å². The highest BCUT2D eigenvalue weighted by Crippen LogP contribution is 2.30. The number of carbonyl (C=O) groups is 1. The normalized spacial score (nSPS) is 10.6. The zero-order chi connectivity index (χ0) is 11.9. The van der Waals surface area contributed by atoms with Gasteiger partial charge in [0.2, 0.25) is 5.91 Å². The molecule has 0 saturated carbocycles. The lowest BCUT2D eigenvalue weighted by Gasteiger charge is -2.01. The molecule has 5 nitrogen and oxygen atoms in total. The van der Waals surface area contributed by atoms with Crippen LogP contribution in [0.15, 0.2) is 28.9 Å². The molecular weight excluding hydrogens is 276 g/mol. The second-order valence-electron chi connectivity index (χ2n) is 3.33. The van der Waals surface area contributed by atoms with Crippen molar-refractivity contribution >= 4 is 38.4 Å². The Kier molecular flexibility index (Phi) is 2.51. The van der Waals surface area contributed by atoms with Crippen molar-refractivity contribution in [3.05, 3.63) is 39.0 Å². The molecule has 82 valence electrons. The minimum atomic E-state index is -0.463. The summed E-state index contributed by atoms with van der Waals surface area (Å²) in [4.78, 5) is 21.5. The van der Waals surface area contributed by atoms with Gasteiger partial charge in [0.1, 0.15) is 0 Å². The van der Waals surface area contributed by atoms with Gasteiger partial charge in [0.25, 0.3) is 5.69 Å². The minimum Gasteiger partial charge on any atom is -0.286 e. The highest BCUT2D eigenvalue weighted by Gasteiger charge is 2.14. The van der Waals surface area contributed by atoms with Crippen molar-refractivity contribution < 1.29 is 9.72 Å². The molecule has 0 atom stereocenters. The van der Waals surface area contributed by atoms with E-state index in [1.165, 1.54) is 23.6 Å². The summed E-state index contributed by atoms with van der Waals surface area (Å²) < 4.78 is 1.99. The fourth-order valence-electron chi connectivity index (χ4n) is 1.58. The Bertz CT molecular complexity index is 603. The molecule has 0 aliphatic heterocycles. The number of carbonyl (C=O) groups excluding carboxylic acids is 1. The molecule has 1 aromatic heterocycles. The SMILES string of the molecule is CC(=O)n1ccc2cc([N+](=O)[O-])cc(Br)c21. The van der Waals surface area contributed by atoms with Gasteiger partial charge in [-0.25, -0.2) is 0 Å². The number of nitrogens with zero attached hydrogens (tertiary/aromatic N) is 2. The Morgan fingerprint density at radius 3 is 2.75 bits per heavy atom. The molecular formula is C10H7BrN2O3. The zero-order valence-corrected chi connectivity index (χ0v) is 9.89. The summed E-state index contributed by atoms with van der Waals surface area (Å²) in [5.41, 5.74) is 0.652. The van der Waals surface area contributed by atoms with Gasteiger partial charge in [0.15, 0.2) is 0 Å². The number of hydrogen-bond donors (Lipinski definition) is 0. The van der Waals surface area contributed by atoms with Crippen LogP contribution in [0.25, 0.3) is 10.9 Å². The van der Waals surface area contributed by atoms with Gasteiger partial charge in [-0.3, -0.25) is 19.5 Å². The first kappa shape index (κ1) is 10.8. The maximum absolute atomic E-state index is 11.3. The summed E-state index contributed by atoms with van der Waals surface area (Å²) in [6, 6.07) is 4.51. The third kappa shape index (κ3) is 1.61.